The van der Waals surface area contributed by atoms with Crippen LogP contribution in [0.5, 0.6) is 5.75 Å². The summed E-state index contributed by atoms with van der Waals surface area (Å²) in [5.41, 5.74) is 1.96. The summed E-state index contributed by atoms with van der Waals surface area (Å²) in [6.07, 6.45) is 4.26. The summed E-state index contributed by atoms with van der Waals surface area (Å²) < 4.78 is 5.61. The molecule has 4 rings (SSSR count). The van der Waals surface area contributed by atoms with Crippen LogP contribution in [0.25, 0.3) is 22.2 Å². The molecule has 0 aliphatic carbocycles. The fourth-order valence-corrected chi connectivity index (χ4v) is 3.02. The molecule has 0 saturated carbocycles. The normalized spacial score (nSPS) is 10.6. The van der Waals surface area contributed by atoms with Gasteiger partial charge < -0.3 is 10.1 Å². The van der Waals surface area contributed by atoms with E-state index in [-0.39, 0.29) is 12.5 Å². The van der Waals surface area contributed by atoms with Gasteiger partial charge in [0.2, 0.25) is 0 Å². The molecule has 5 heteroatoms. The van der Waals surface area contributed by atoms with Gasteiger partial charge in [0.1, 0.15) is 5.75 Å². The molecule has 1 aromatic heterocycles. The fraction of sp³-hybridized carbons (Fsp3) is 0.125. The lowest BCUT2D eigenvalue weighted by Gasteiger charge is -2.08. The highest BCUT2D eigenvalue weighted by molar-refractivity contribution is 5.84. The first-order valence-electron chi connectivity index (χ1n) is 9.52. The molecule has 0 aliphatic rings. The van der Waals surface area contributed by atoms with Gasteiger partial charge in [0, 0.05) is 24.5 Å². The minimum Gasteiger partial charge on any atom is -0.484 e. The van der Waals surface area contributed by atoms with Crippen LogP contribution in [0.4, 0.5) is 0 Å². The third-order valence-electron chi connectivity index (χ3n) is 4.56. The standard InChI is InChI=1S/C24H21N3O2/c28-23(17-29-22-11-10-19-6-4-5-9-21(19)14-22)25-13-12-18-15-26-24(27-16-18)20-7-2-1-3-8-20/h1-11,14-16H,12-13,17H2,(H,25,28). The molecule has 0 fully saturated rings. The molecule has 29 heavy (non-hydrogen) atoms. The molecule has 0 spiro atoms. The zero-order valence-corrected chi connectivity index (χ0v) is 15.9. The lowest BCUT2D eigenvalue weighted by atomic mass is 10.1. The van der Waals surface area contributed by atoms with Gasteiger partial charge in [-0.05, 0) is 34.9 Å². The summed E-state index contributed by atoms with van der Waals surface area (Å²) in [7, 11) is 0. The summed E-state index contributed by atoms with van der Waals surface area (Å²) >= 11 is 0. The van der Waals surface area contributed by atoms with Gasteiger partial charge in [-0.2, -0.15) is 0 Å². The zero-order chi connectivity index (χ0) is 19.9. The van der Waals surface area contributed by atoms with Gasteiger partial charge in [-0.15, -0.1) is 0 Å². The zero-order valence-electron chi connectivity index (χ0n) is 15.9. The Balaban J connectivity index is 1.23. The first kappa shape index (κ1) is 18.6. The predicted octanol–water partition coefficient (Wildman–Crippen LogP) is 4.03. The summed E-state index contributed by atoms with van der Waals surface area (Å²) in [6, 6.07) is 23.7. The van der Waals surface area contributed by atoms with E-state index in [4.69, 9.17) is 4.74 Å². The molecule has 0 aliphatic heterocycles. The number of aromatic nitrogens is 2. The second-order valence-electron chi connectivity index (χ2n) is 6.68. The monoisotopic (exact) mass is 383 g/mol. The number of carbonyl (C=O) groups is 1. The van der Waals surface area contributed by atoms with Crippen LogP contribution in [-0.2, 0) is 11.2 Å². The molecule has 0 atom stereocenters. The number of benzene rings is 3. The number of hydrogen-bond donors (Lipinski definition) is 1. The number of nitrogens with zero attached hydrogens (tertiary/aromatic N) is 2. The number of carbonyl (C=O) groups excluding carboxylic acids is 1. The van der Waals surface area contributed by atoms with Crippen molar-refractivity contribution in [2.45, 2.75) is 6.42 Å². The second-order valence-corrected chi connectivity index (χ2v) is 6.68. The van der Waals surface area contributed by atoms with Gasteiger partial charge in [-0.25, -0.2) is 9.97 Å². The van der Waals surface area contributed by atoms with Gasteiger partial charge in [-0.3, -0.25) is 4.79 Å². The van der Waals surface area contributed by atoms with Gasteiger partial charge in [0.05, 0.1) is 0 Å². The van der Waals surface area contributed by atoms with Crippen molar-refractivity contribution in [1.82, 2.24) is 15.3 Å². The Morgan fingerprint density at radius 2 is 1.59 bits per heavy atom. The molecule has 5 nitrogen and oxygen atoms in total. The van der Waals surface area contributed by atoms with Crippen molar-refractivity contribution in [2.24, 2.45) is 0 Å². The number of fused-ring (bicyclic) bond motifs is 1. The van der Waals surface area contributed by atoms with Gasteiger partial charge in [0.25, 0.3) is 5.91 Å². The van der Waals surface area contributed by atoms with E-state index in [2.05, 4.69) is 15.3 Å². The van der Waals surface area contributed by atoms with Crippen molar-refractivity contribution in [2.75, 3.05) is 13.2 Å². The number of ether oxygens (including phenoxy) is 1. The predicted molar refractivity (Wildman–Crippen MR) is 114 cm³/mol. The Bertz CT molecular complexity index is 1100. The first-order chi connectivity index (χ1) is 14.3. The minimum atomic E-state index is -0.153. The second kappa shape index (κ2) is 8.97. The maximum Gasteiger partial charge on any atom is 0.257 e. The van der Waals surface area contributed by atoms with Gasteiger partial charge in [0.15, 0.2) is 12.4 Å². The molecule has 0 saturated heterocycles. The molecule has 1 N–H and O–H groups in total. The van der Waals surface area contributed by atoms with Crippen LogP contribution in [0.2, 0.25) is 0 Å². The lowest BCUT2D eigenvalue weighted by Crippen LogP contribution is -2.30. The molecule has 1 amide bonds. The average Bonchev–Trinajstić information content (AvgIpc) is 2.78. The highest BCUT2D eigenvalue weighted by atomic mass is 16.5. The molecule has 3 aromatic carbocycles. The Labute approximate surface area is 169 Å². The summed E-state index contributed by atoms with van der Waals surface area (Å²) in [5, 5.41) is 5.10. The Morgan fingerprint density at radius 3 is 2.38 bits per heavy atom. The molecule has 4 aromatic rings. The van der Waals surface area contributed by atoms with Crippen molar-refractivity contribution in [3.05, 3.63) is 90.8 Å². The van der Waals surface area contributed by atoms with Crippen molar-refractivity contribution in [3.63, 3.8) is 0 Å². The van der Waals surface area contributed by atoms with Crippen molar-refractivity contribution < 1.29 is 9.53 Å². The maximum atomic E-state index is 12.0. The van der Waals surface area contributed by atoms with Crippen molar-refractivity contribution >= 4 is 16.7 Å². The Kier molecular flexibility index (Phi) is 5.76. The third-order valence-corrected chi connectivity index (χ3v) is 4.56. The topological polar surface area (TPSA) is 64.1 Å². The summed E-state index contributed by atoms with van der Waals surface area (Å²) in [4.78, 5) is 20.8. The third kappa shape index (κ3) is 4.96. The highest BCUT2D eigenvalue weighted by Crippen LogP contribution is 2.20. The Morgan fingerprint density at radius 1 is 0.862 bits per heavy atom. The molecule has 0 radical (unpaired) electrons. The van der Waals surface area contributed by atoms with Crippen molar-refractivity contribution in [3.8, 4) is 17.1 Å². The molecule has 0 bridgehead atoms. The molecular weight excluding hydrogens is 362 g/mol. The molecule has 0 unspecified atom stereocenters. The van der Waals surface area contributed by atoms with Crippen LogP contribution >= 0.6 is 0 Å². The minimum absolute atomic E-state index is 0.0121. The van der Waals surface area contributed by atoms with E-state index in [1.54, 1.807) is 12.4 Å². The van der Waals surface area contributed by atoms with E-state index < -0.39 is 0 Å². The van der Waals surface area contributed by atoms with E-state index in [1.165, 1.54) is 0 Å². The van der Waals surface area contributed by atoms with E-state index in [9.17, 15) is 4.79 Å². The average molecular weight is 383 g/mol. The van der Waals surface area contributed by atoms with E-state index in [0.717, 1.165) is 21.9 Å². The molecular formula is C24H21N3O2. The SMILES string of the molecule is O=C(COc1ccc2ccccc2c1)NCCc1cnc(-c2ccccc2)nc1. The molecule has 144 valence electrons. The Hall–Kier alpha value is -3.73. The largest absolute Gasteiger partial charge is 0.484 e. The quantitative estimate of drug-likeness (QED) is 0.523. The number of amides is 1. The van der Waals surface area contributed by atoms with E-state index in [0.29, 0.717) is 24.5 Å². The van der Waals surface area contributed by atoms with E-state index >= 15 is 0 Å². The van der Waals surface area contributed by atoms with Crippen LogP contribution in [0.3, 0.4) is 0 Å². The lowest BCUT2D eigenvalue weighted by molar-refractivity contribution is -0.123. The highest BCUT2D eigenvalue weighted by Gasteiger charge is 2.05. The summed E-state index contributed by atoms with van der Waals surface area (Å²) in [6.45, 7) is 0.496. The summed E-state index contributed by atoms with van der Waals surface area (Å²) in [5.74, 6) is 1.23. The van der Waals surface area contributed by atoms with Crippen LogP contribution in [-0.4, -0.2) is 29.0 Å². The van der Waals surface area contributed by atoms with Crippen LogP contribution in [0.1, 0.15) is 5.56 Å². The van der Waals surface area contributed by atoms with Crippen LogP contribution < -0.4 is 10.1 Å². The van der Waals surface area contributed by atoms with Crippen LogP contribution in [0, 0.1) is 0 Å². The number of hydrogen-bond acceptors (Lipinski definition) is 4. The van der Waals surface area contributed by atoms with E-state index in [1.807, 2.05) is 72.8 Å². The fourth-order valence-electron chi connectivity index (χ4n) is 3.02. The number of nitrogens with one attached hydrogen (secondary N) is 1. The van der Waals surface area contributed by atoms with Crippen LogP contribution in [0.15, 0.2) is 85.2 Å². The smallest absolute Gasteiger partial charge is 0.257 e. The van der Waals surface area contributed by atoms with Crippen molar-refractivity contribution in [1.29, 1.82) is 0 Å². The molecule has 1 heterocycles. The van der Waals surface area contributed by atoms with Gasteiger partial charge >= 0.3 is 0 Å². The maximum absolute atomic E-state index is 12.0. The number of rotatable bonds is 7. The first-order valence-corrected chi connectivity index (χ1v) is 9.52. The van der Waals surface area contributed by atoms with Gasteiger partial charge in [-0.1, -0.05) is 60.7 Å².